The first-order chi connectivity index (χ1) is 9.77. The zero-order valence-corrected chi connectivity index (χ0v) is 14.9. The van der Waals surface area contributed by atoms with Crippen molar-refractivity contribution in [1.82, 2.24) is 5.32 Å². The third-order valence-electron chi connectivity index (χ3n) is 3.34. The number of hydrogen-bond acceptors (Lipinski definition) is 3. The van der Waals surface area contributed by atoms with Crippen LogP contribution in [0.5, 0.6) is 0 Å². The average molecular weight is 360 g/mol. The molecule has 0 saturated carbocycles. The number of nitrogens with one attached hydrogen (secondary N) is 1. The Morgan fingerprint density at radius 1 is 1.35 bits per heavy atom. The van der Waals surface area contributed by atoms with Gasteiger partial charge in [0.2, 0.25) is 0 Å². The Bertz CT molecular complexity index is 362. The van der Waals surface area contributed by atoms with Gasteiger partial charge in [-0.15, -0.1) is 0 Å². The minimum atomic E-state index is 0.692. The van der Waals surface area contributed by atoms with Crippen molar-refractivity contribution in [3.8, 4) is 0 Å². The first kappa shape index (κ1) is 18.0. The number of rotatable bonds is 11. The third kappa shape index (κ3) is 7.67. The summed E-state index contributed by atoms with van der Waals surface area (Å²) in [5.74, 6) is 1.95. The predicted molar refractivity (Wildman–Crippen MR) is 93.7 cm³/mol. The molecule has 0 aliphatic heterocycles. The summed E-state index contributed by atoms with van der Waals surface area (Å²) >= 11 is 5.59. The van der Waals surface area contributed by atoms with E-state index in [0.29, 0.717) is 5.92 Å². The normalized spacial score (nSPS) is 12.6. The van der Waals surface area contributed by atoms with Crippen molar-refractivity contribution >= 4 is 27.7 Å². The summed E-state index contributed by atoms with van der Waals surface area (Å²) in [6, 6.07) is 8.55. The van der Waals surface area contributed by atoms with Crippen LogP contribution in [-0.2, 0) is 11.2 Å². The molecular formula is C16H26BrNOS. The van der Waals surface area contributed by atoms with Gasteiger partial charge in [-0.2, -0.15) is 11.8 Å². The zero-order valence-electron chi connectivity index (χ0n) is 12.5. The minimum absolute atomic E-state index is 0.692. The van der Waals surface area contributed by atoms with E-state index in [1.807, 2.05) is 11.8 Å². The summed E-state index contributed by atoms with van der Waals surface area (Å²) in [4.78, 5) is 0. The molecule has 0 aliphatic carbocycles. The van der Waals surface area contributed by atoms with Gasteiger partial charge in [0.15, 0.2) is 0 Å². The number of thioether (sulfide) groups is 1. The Morgan fingerprint density at radius 3 is 2.85 bits per heavy atom. The second-order valence-corrected chi connectivity index (χ2v) is 6.83. The standard InChI is InChI=1S/C16H26BrNOS/c1-19-10-9-18-13-14(6-5-11-20-2)12-15-7-3-4-8-16(15)17/h3-4,7-8,14,18H,5-6,9-13H2,1-2H3. The molecule has 0 bridgehead atoms. The van der Waals surface area contributed by atoms with Gasteiger partial charge in [-0.3, -0.25) is 0 Å². The number of hydrogen-bond donors (Lipinski definition) is 1. The molecule has 20 heavy (non-hydrogen) atoms. The van der Waals surface area contributed by atoms with E-state index in [1.165, 1.54) is 28.6 Å². The molecule has 114 valence electrons. The van der Waals surface area contributed by atoms with E-state index in [-0.39, 0.29) is 0 Å². The van der Waals surface area contributed by atoms with Crippen LogP contribution in [0.15, 0.2) is 28.7 Å². The molecule has 0 aromatic heterocycles. The molecule has 0 fully saturated rings. The highest BCUT2D eigenvalue weighted by molar-refractivity contribution is 9.10. The van der Waals surface area contributed by atoms with Gasteiger partial charge in [-0.25, -0.2) is 0 Å². The topological polar surface area (TPSA) is 21.3 Å². The van der Waals surface area contributed by atoms with Crippen molar-refractivity contribution in [3.63, 3.8) is 0 Å². The Hall–Kier alpha value is -0.0300. The first-order valence-electron chi connectivity index (χ1n) is 7.20. The van der Waals surface area contributed by atoms with Crippen LogP contribution in [0.2, 0.25) is 0 Å². The molecule has 0 spiro atoms. The van der Waals surface area contributed by atoms with Crippen molar-refractivity contribution in [1.29, 1.82) is 0 Å². The number of ether oxygens (including phenoxy) is 1. The minimum Gasteiger partial charge on any atom is -0.383 e. The number of methoxy groups -OCH3 is 1. The van der Waals surface area contributed by atoms with Crippen molar-refractivity contribution in [2.24, 2.45) is 5.92 Å². The molecule has 0 radical (unpaired) electrons. The van der Waals surface area contributed by atoms with E-state index in [0.717, 1.165) is 26.1 Å². The maximum Gasteiger partial charge on any atom is 0.0587 e. The Kier molecular flexibility index (Phi) is 10.5. The smallest absolute Gasteiger partial charge is 0.0587 e. The van der Waals surface area contributed by atoms with E-state index in [1.54, 1.807) is 7.11 Å². The fourth-order valence-corrected chi connectivity index (χ4v) is 3.15. The van der Waals surface area contributed by atoms with E-state index >= 15 is 0 Å². The van der Waals surface area contributed by atoms with Crippen LogP contribution < -0.4 is 5.32 Å². The summed E-state index contributed by atoms with van der Waals surface area (Å²) in [5.41, 5.74) is 1.41. The summed E-state index contributed by atoms with van der Waals surface area (Å²) in [5, 5.41) is 3.51. The van der Waals surface area contributed by atoms with E-state index in [9.17, 15) is 0 Å². The predicted octanol–water partition coefficient (Wildman–Crippen LogP) is 3.99. The monoisotopic (exact) mass is 359 g/mol. The lowest BCUT2D eigenvalue weighted by atomic mass is 9.95. The van der Waals surface area contributed by atoms with Gasteiger partial charge in [-0.1, -0.05) is 34.1 Å². The molecular weight excluding hydrogens is 334 g/mol. The molecule has 0 aliphatic rings. The molecule has 1 atom stereocenters. The summed E-state index contributed by atoms with van der Waals surface area (Å²) in [6.07, 6.45) is 5.89. The van der Waals surface area contributed by atoms with Crippen molar-refractivity contribution < 1.29 is 4.74 Å². The van der Waals surface area contributed by atoms with Crippen molar-refractivity contribution in [2.45, 2.75) is 19.3 Å². The molecule has 0 saturated heterocycles. The summed E-state index contributed by atoms with van der Waals surface area (Å²) in [6.45, 7) is 2.79. The van der Waals surface area contributed by atoms with Gasteiger partial charge in [0.1, 0.15) is 0 Å². The van der Waals surface area contributed by atoms with Crippen LogP contribution in [0.4, 0.5) is 0 Å². The Labute approximate surface area is 136 Å². The molecule has 1 aromatic carbocycles. The molecule has 0 heterocycles. The van der Waals surface area contributed by atoms with Gasteiger partial charge < -0.3 is 10.1 Å². The second-order valence-electron chi connectivity index (χ2n) is 4.99. The largest absolute Gasteiger partial charge is 0.383 e. The summed E-state index contributed by atoms with van der Waals surface area (Å²) in [7, 11) is 1.75. The van der Waals surface area contributed by atoms with Crippen molar-refractivity contribution in [3.05, 3.63) is 34.3 Å². The molecule has 4 heteroatoms. The fourth-order valence-electron chi connectivity index (χ4n) is 2.25. The van der Waals surface area contributed by atoms with Crippen LogP contribution in [0.3, 0.4) is 0 Å². The first-order valence-corrected chi connectivity index (χ1v) is 9.38. The lowest BCUT2D eigenvalue weighted by Gasteiger charge is -2.18. The van der Waals surface area contributed by atoms with Gasteiger partial charge in [-0.05, 0) is 55.4 Å². The van der Waals surface area contributed by atoms with Crippen molar-refractivity contribution in [2.75, 3.05) is 38.8 Å². The SMILES string of the molecule is COCCNCC(CCCSC)Cc1ccccc1Br. The molecule has 1 rings (SSSR count). The quantitative estimate of drug-likeness (QED) is 0.603. The molecule has 1 N–H and O–H groups in total. The maximum atomic E-state index is 5.09. The average Bonchev–Trinajstić information content (AvgIpc) is 2.46. The zero-order chi connectivity index (χ0) is 14.6. The lowest BCUT2D eigenvalue weighted by molar-refractivity contribution is 0.197. The third-order valence-corrected chi connectivity index (χ3v) is 4.81. The fraction of sp³-hybridized carbons (Fsp3) is 0.625. The van der Waals surface area contributed by atoms with Crippen LogP contribution in [0.1, 0.15) is 18.4 Å². The number of halogens is 1. The molecule has 2 nitrogen and oxygen atoms in total. The lowest BCUT2D eigenvalue weighted by Crippen LogP contribution is -2.27. The maximum absolute atomic E-state index is 5.09. The summed E-state index contributed by atoms with van der Waals surface area (Å²) < 4.78 is 6.31. The highest BCUT2D eigenvalue weighted by Crippen LogP contribution is 2.22. The molecule has 1 aromatic rings. The van der Waals surface area contributed by atoms with E-state index < -0.39 is 0 Å². The molecule has 1 unspecified atom stereocenters. The van der Waals surface area contributed by atoms with Crippen LogP contribution in [-0.4, -0.2) is 38.8 Å². The van der Waals surface area contributed by atoms with Gasteiger partial charge in [0.05, 0.1) is 6.61 Å². The Morgan fingerprint density at radius 2 is 2.15 bits per heavy atom. The number of benzene rings is 1. The van der Waals surface area contributed by atoms with Crippen LogP contribution in [0, 0.1) is 5.92 Å². The van der Waals surface area contributed by atoms with Crippen LogP contribution >= 0.6 is 27.7 Å². The van der Waals surface area contributed by atoms with E-state index in [2.05, 4.69) is 51.8 Å². The molecule has 0 amide bonds. The Balaban J connectivity index is 2.46. The highest BCUT2D eigenvalue weighted by Gasteiger charge is 2.11. The second kappa shape index (κ2) is 11.6. The van der Waals surface area contributed by atoms with Gasteiger partial charge in [0, 0.05) is 18.1 Å². The van der Waals surface area contributed by atoms with Gasteiger partial charge in [0.25, 0.3) is 0 Å². The van der Waals surface area contributed by atoms with Crippen LogP contribution in [0.25, 0.3) is 0 Å². The van der Waals surface area contributed by atoms with E-state index in [4.69, 9.17) is 4.74 Å². The van der Waals surface area contributed by atoms with Gasteiger partial charge >= 0.3 is 0 Å². The highest BCUT2D eigenvalue weighted by atomic mass is 79.9.